The Balaban J connectivity index is 0.00000205. The van der Waals surface area contributed by atoms with Crippen LogP contribution in [0.4, 0.5) is 0 Å². The molecule has 0 amide bonds. The fourth-order valence-electron chi connectivity index (χ4n) is 3.33. The minimum atomic E-state index is -0.251. The summed E-state index contributed by atoms with van der Waals surface area (Å²) < 4.78 is 0. The number of fused-ring (bicyclic) bond motifs is 2. The van der Waals surface area contributed by atoms with Crippen LogP contribution in [0.1, 0.15) is 17.4 Å². The van der Waals surface area contributed by atoms with Gasteiger partial charge in [0.25, 0.3) is 0 Å². The first kappa shape index (κ1) is 18.9. The summed E-state index contributed by atoms with van der Waals surface area (Å²) in [5, 5.41) is 8.73. The van der Waals surface area contributed by atoms with E-state index < -0.39 is 0 Å². The maximum atomic E-state index is 6.34. The maximum absolute atomic E-state index is 6.34. The van der Waals surface area contributed by atoms with Gasteiger partial charge in [-0.2, -0.15) is 5.10 Å². The number of halogens is 1. The van der Waals surface area contributed by atoms with Gasteiger partial charge in [0.05, 0.1) is 28.8 Å². The first-order chi connectivity index (χ1) is 13.8. The van der Waals surface area contributed by atoms with E-state index in [0.717, 1.165) is 27.5 Å². The molecule has 0 saturated heterocycles. The molecule has 1 atom stereocenters. The second-order valence-corrected chi connectivity index (χ2v) is 6.65. The van der Waals surface area contributed by atoms with E-state index in [1.165, 1.54) is 11.9 Å². The van der Waals surface area contributed by atoms with Crippen LogP contribution in [0.3, 0.4) is 0 Å². The van der Waals surface area contributed by atoms with Crippen LogP contribution in [0, 0.1) is 0 Å². The van der Waals surface area contributed by atoms with Crippen molar-refractivity contribution in [1.29, 1.82) is 0 Å². The number of aromatic nitrogens is 6. The Kier molecular flexibility index (Phi) is 5.16. The van der Waals surface area contributed by atoms with Gasteiger partial charge in [0.2, 0.25) is 0 Å². The molecule has 3 aromatic heterocycles. The third-order valence-electron chi connectivity index (χ3n) is 4.75. The number of nitrogens with two attached hydrogens (primary N) is 1. The van der Waals surface area contributed by atoms with E-state index in [-0.39, 0.29) is 18.4 Å². The van der Waals surface area contributed by atoms with Crippen LogP contribution in [-0.2, 0) is 6.42 Å². The van der Waals surface area contributed by atoms with Crippen LogP contribution >= 0.6 is 12.4 Å². The molecule has 7 nitrogen and oxygen atoms in total. The van der Waals surface area contributed by atoms with Crippen molar-refractivity contribution in [3.05, 3.63) is 78.6 Å². The van der Waals surface area contributed by atoms with Gasteiger partial charge in [0.1, 0.15) is 12.2 Å². The predicted octanol–water partition coefficient (Wildman–Crippen LogP) is 3.63. The summed E-state index contributed by atoms with van der Waals surface area (Å²) in [5.74, 6) is 0.642. The van der Waals surface area contributed by atoms with Crippen LogP contribution in [-0.4, -0.2) is 30.1 Å². The topological polar surface area (TPSA) is 106 Å². The Morgan fingerprint density at radius 2 is 1.83 bits per heavy atom. The highest BCUT2D eigenvalue weighted by molar-refractivity contribution is 5.92. The van der Waals surface area contributed by atoms with E-state index >= 15 is 0 Å². The fourth-order valence-corrected chi connectivity index (χ4v) is 3.33. The van der Waals surface area contributed by atoms with Crippen LogP contribution < -0.4 is 5.73 Å². The van der Waals surface area contributed by atoms with E-state index in [1.54, 1.807) is 6.20 Å². The molecule has 5 rings (SSSR count). The largest absolute Gasteiger partial charge is 0.321 e. The van der Waals surface area contributed by atoms with Crippen LogP contribution in [0.15, 0.2) is 67.3 Å². The van der Waals surface area contributed by atoms with E-state index in [2.05, 4.69) is 42.3 Å². The lowest BCUT2D eigenvalue weighted by atomic mass is 10.0. The number of nitrogens with zero attached hydrogens (tertiary/aromatic N) is 5. The van der Waals surface area contributed by atoms with Crippen LogP contribution in [0.5, 0.6) is 0 Å². The number of nitrogens with one attached hydrogen (secondary N) is 1. The average Bonchev–Trinajstić information content (AvgIpc) is 3.22. The Labute approximate surface area is 172 Å². The summed E-state index contributed by atoms with van der Waals surface area (Å²) in [6.45, 7) is 0. The molecule has 0 aliphatic rings. The minimum Gasteiger partial charge on any atom is -0.321 e. The van der Waals surface area contributed by atoms with Crippen LogP contribution in [0.2, 0.25) is 0 Å². The highest BCUT2D eigenvalue weighted by Crippen LogP contribution is 2.27. The summed E-state index contributed by atoms with van der Waals surface area (Å²) in [6.07, 6.45) is 5.78. The van der Waals surface area contributed by atoms with Gasteiger partial charge in [0, 0.05) is 17.1 Å². The van der Waals surface area contributed by atoms with Gasteiger partial charge in [-0.05, 0) is 24.1 Å². The summed E-state index contributed by atoms with van der Waals surface area (Å²) >= 11 is 0. The predicted molar refractivity (Wildman–Crippen MR) is 115 cm³/mol. The third-order valence-corrected chi connectivity index (χ3v) is 4.75. The summed E-state index contributed by atoms with van der Waals surface area (Å²) in [4.78, 5) is 17.8. The lowest BCUT2D eigenvalue weighted by Crippen LogP contribution is -2.16. The highest BCUT2D eigenvalue weighted by Gasteiger charge is 2.13. The molecule has 0 saturated carbocycles. The van der Waals surface area contributed by atoms with Crippen molar-refractivity contribution in [3.8, 4) is 11.3 Å². The van der Waals surface area contributed by atoms with Gasteiger partial charge in [-0.25, -0.2) is 19.9 Å². The second kappa shape index (κ2) is 7.90. The molecule has 0 bridgehead atoms. The van der Waals surface area contributed by atoms with Gasteiger partial charge in [-0.15, -0.1) is 12.4 Å². The molecular formula is C21H18ClN7. The van der Waals surface area contributed by atoms with Gasteiger partial charge >= 0.3 is 0 Å². The molecule has 0 radical (unpaired) electrons. The van der Waals surface area contributed by atoms with Crippen molar-refractivity contribution in [3.63, 3.8) is 0 Å². The number of hydrogen-bond acceptors (Lipinski definition) is 6. The zero-order valence-corrected chi connectivity index (χ0v) is 16.2. The van der Waals surface area contributed by atoms with E-state index in [0.29, 0.717) is 17.9 Å². The number of H-pyrrole nitrogens is 1. The van der Waals surface area contributed by atoms with Crippen molar-refractivity contribution < 1.29 is 0 Å². The van der Waals surface area contributed by atoms with E-state index in [9.17, 15) is 0 Å². The zero-order valence-electron chi connectivity index (χ0n) is 15.4. The molecule has 29 heavy (non-hydrogen) atoms. The summed E-state index contributed by atoms with van der Waals surface area (Å²) in [7, 11) is 0. The molecule has 0 aliphatic carbocycles. The summed E-state index contributed by atoms with van der Waals surface area (Å²) in [5.41, 5.74) is 10.9. The van der Waals surface area contributed by atoms with Crippen LogP contribution in [0.25, 0.3) is 33.2 Å². The quantitative estimate of drug-likeness (QED) is 0.474. The summed E-state index contributed by atoms with van der Waals surface area (Å²) in [6, 6.07) is 15.9. The van der Waals surface area contributed by atoms with E-state index in [1.807, 2.05) is 42.6 Å². The van der Waals surface area contributed by atoms with Crippen molar-refractivity contribution >= 4 is 34.3 Å². The lowest BCUT2D eigenvalue weighted by molar-refractivity contribution is 0.671. The minimum absolute atomic E-state index is 0. The monoisotopic (exact) mass is 403 g/mol. The molecule has 8 heteroatoms. The maximum Gasteiger partial charge on any atom is 0.159 e. The molecule has 144 valence electrons. The first-order valence-corrected chi connectivity index (χ1v) is 8.98. The Bertz CT molecular complexity index is 1270. The zero-order chi connectivity index (χ0) is 18.9. The highest BCUT2D eigenvalue weighted by atomic mass is 35.5. The lowest BCUT2D eigenvalue weighted by Gasteiger charge is -2.11. The first-order valence-electron chi connectivity index (χ1n) is 8.98. The smallest absolute Gasteiger partial charge is 0.159 e. The van der Waals surface area contributed by atoms with Crippen molar-refractivity contribution in [2.24, 2.45) is 5.73 Å². The molecule has 1 unspecified atom stereocenters. The number of hydrogen-bond donors (Lipinski definition) is 2. The fraction of sp³-hybridized carbons (Fsp3) is 0.0952. The van der Waals surface area contributed by atoms with Gasteiger partial charge in [0.15, 0.2) is 5.65 Å². The van der Waals surface area contributed by atoms with Gasteiger partial charge in [-0.3, -0.25) is 5.10 Å². The molecule has 0 spiro atoms. The van der Waals surface area contributed by atoms with Gasteiger partial charge < -0.3 is 5.73 Å². The number of aromatic amines is 1. The normalized spacial score (nSPS) is 12.0. The number of benzene rings is 2. The van der Waals surface area contributed by atoms with Crippen molar-refractivity contribution in [1.82, 2.24) is 30.1 Å². The Morgan fingerprint density at radius 1 is 0.966 bits per heavy atom. The molecular weight excluding hydrogens is 386 g/mol. The van der Waals surface area contributed by atoms with Crippen molar-refractivity contribution in [2.75, 3.05) is 0 Å². The number of rotatable bonds is 4. The Morgan fingerprint density at radius 3 is 2.69 bits per heavy atom. The molecule has 0 fully saturated rings. The molecule has 2 aromatic carbocycles. The molecule has 3 heterocycles. The third kappa shape index (κ3) is 3.65. The van der Waals surface area contributed by atoms with Gasteiger partial charge in [-0.1, -0.05) is 36.4 Å². The average molecular weight is 404 g/mol. The van der Waals surface area contributed by atoms with E-state index in [4.69, 9.17) is 5.73 Å². The SMILES string of the molecule is Cl.NC(Cc1ccccc1)c1ncc2cc(-c3ncnc4[nH]ncc34)ccc2n1. The molecule has 5 aromatic rings. The molecule has 0 aliphatic heterocycles. The molecule has 3 N–H and O–H groups in total. The van der Waals surface area contributed by atoms with Crippen molar-refractivity contribution in [2.45, 2.75) is 12.5 Å². The standard InChI is InChI=1S/C21H17N7.ClH/c22-17(8-13-4-2-1-3-5-13)21-23-10-15-9-14(6-7-18(15)27-21)19-16-11-26-28-20(16)25-12-24-19;/h1-7,9-12,17H,8,22H2,(H,24,25,26,28);1H. The Hall–Kier alpha value is -3.42. The second-order valence-electron chi connectivity index (χ2n) is 6.65.